The molecule has 0 heterocycles. The van der Waals surface area contributed by atoms with Crippen molar-refractivity contribution in [2.45, 2.75) is 0 Å². The van der Waals surface area contributed by atoms with E-state index in [0.29, 0.717) is 5.56 Å². The zero-order chi connectivity index (χ0) is 15.1. The van der Waals surface area contributed by atoms with E-state index in [4.69, 9.17) is 7.85 Å². The Morgan fingerprint density at radius 1 is 0.591 bits per heavy atom. The van der Waals surface area contributed by atoms with Crippen LogP contribution in [-0.4, -0.2) is 7.85 Å². The molecule has 4 aromatic carbocycles. The lowest BCUT2D eigenvalue weighted by Crippen LogP contribution is -2.07. The number of hydrogen-bond donors (Lipinski definition) is 0. The van der Waals surface area contributed by atoms with Crippen molar-refractivity contribution in [1.82, 2.24) is 0 Å². The van der Waals surface area contributed by atoms with Crippen molar-refractivity contribution < 1.29 is 4.39 Å². The smallest absolute Gasteiger partial charge is 0.131 e. The predicted molar refractivity (Wildman–Crippen MR) is 92.2 cm³/mol. The minimum Gasteiger partial charge on any atom is -0.206 e. The topological polar surface area (TPSA) is 0 Å². The van der Waals surface area contributed by atoms with Gasteiger partial charge >= 0.3 is 0 Å². The van der Waals surface area contributed by atoms with Crippen LogP contribution in [0.1, 0.15) is 0 Å². The van der Waals surface area contributed by atoms with E-state index < -0.39 is 0 Å². The van der Waals surface area contributed by atoms with Crippen LogP contribution in [0.15, 0.2) is 72.8 Å². The third-order valence-corrected chi connectivity index (χ3v) is 4.12. The maximum atomic E-state index is 14.4. The average Bonchev–Trinajstić information content (AvgIpc) is 2.57. The molecule has 0 fully saturated rings. The van der Waals surface area contributed by atoms with Crippen LogP contribution in [0.2, 0.25) is 0 Å². The molecule has 0 aromatic heterocycles. The monoisotopic (exact) mass is 282 g/mol. The molecule has 4 rings (SSSR count). The van der Waals surface area contributed by atoms with Gasteiger partial charge in [-0.15, -0.1) is 0 Å². The highest BCUT2D eigenvalue weighted by atomic mass is 19.1. The summed E-state index contributed by atoms with van der Waals surface area (Å²) in [5, 5.41) is 3.87. The minimum absolute atomic E-state index is 0.220. The summed E-state index contributed by atoms with van der Waals surface area (Å²) in [5.74, 6) is -0.220. The molecule has 0 amide bonds. The zero-order valence-electron chi connectivity index (χ0n) is 11.9. The number of halogens is 1. The standard InChI is InChI=1S/C20H12BF/c21-20-15-9-3-1-7-13(15)19(14-8-2-4-10-16(14)20)17-11-5-6-12-18(17)22/h1-12H. The van der Waals surface area contributed by atoms with Crippen LogP contribution in [0.3, 0.4) is 0 Å². The third-order valence-electron chi connectivity index (χ3n) is 4.12. The Morgan fingerprint density at radius 3 is 1.59 bits per heavy atom. The van der Waals surface area contributed by atoms with Gasteiger partial charge in [0, 0.05) is 11.1 Å². The van der Waals surface area contributed by atoms with Gasteiger partial charge in [-0.1, -0.05) is 72.2 Å². The normalized spacial score (nSPS) is 11.1. The number of hydrogen-bond acceptors (Lipinski definition) is 0. The molecule has 0 aliphatic carbocycles. The first-order chi connectivity index (χ1) is 10.8. The van der Waals surface area contributed by atoms with Crippen LogP contribution in [0.25, 0.3) is 32.7 Å². The largest absolute Gasteiger partial charge is 0.206 e. The van der Waals surface area contributed by atoms with Gasteiger partial charge in [-0.3, -0.25) is 0 Å². The number of rotatable bonds is 1. The van der Waals surface area contributed by atoms with E-state index in [9.17, 15) is 4.39 Å². The van der Waals surface area contributed by atoms with Gasteiger partial charge in [-0.05, 0) is 27.6 Å². The van der Waals surface area contributed by atoms with E-state index in [-0.39, 0.29) is 5.82 Å². The van der Waals surface area contributed by atoms with Gasteiger partial charge in [0.05, 0.1) is 0 Å². The van der Waals surface area contributed by atoms with Crippen molar-refractivity contribution in [1.29, 1.82) is 0 Å². The summed E-state index contributed by atoms with van der Waals surface area (Å²) >= 11 is 0. The molecule has 0 saturated heterocycles. The molecule has 22 heavy (non-hydrogen) atoms. The summed E-state index contributed by atoms with van der Waals surface area (Å²) in [6, 6.07) is 22.7. The van der Waals surface area contributed by atoms with Gasteiger partial charge in [-0.25, -0.2) is 4.39 Å². The fraction of sp³-hybridized carbons (Fsp3) is 0. The summed E-state index contributed by atoms with van der Waals surface area (Å²) in [7, 11) is 6.35. The van der Waals surface area contributed by atoms with E-state index in [1.807, 2.05) is 60.7 Å². The van der Waals surface area contributed by atoms with E-state index in [2.05, 4.69) is 0 Å². The lowest BCUT2D eigenvalue weighted by molar-refractivity contribution is 0.631. The Morgan fingerprint density at radius 2 is 1.05 bits per heavy atom. The summed E-state index contributed by atoms with van der Waals surface area (Å²) in [4.78, 5) is 0. The lowest BCUT2D eigenvalue weighted by atomic mass is 9.81. The highest BCUT2D eigenvalue weighted by molar-refractivity contribution is 6.46. The molecule has 2 radical (unpaired) electrons. The summed E-state index contributed by atoms with van der Waals surface area (Å²) in [6.07, 6.45) is 0. The molecule has 4 aromatic rings. The predicted octanol–water partition coefficient (Wildman–Crippen LogP) is 4.59. The van der Waals surface area contributed by atoms with Crippen molar-refractivity contribution in [3.8, 4) is 11.1 Å². The first-order valence-electron chi connectivity index (χ1n) is 7.21. The Hall–Kier alpha value is -2.61. The Kier molecular flexibility index (Phi) is 2.97. The summed E-state index contributed by atoms with van der Waals surface area (Å²) in [5.41, 5.74) is 2.25. The lowest BCUT2D eigenvalue weighted by Gasteiger charge is -2.15. The average molecular weight is 282 g/mol. The maximum absolute atomic E-state index is 14.4. The highest BCUT2D eigenvalue weighted by Crippen LogP contribution is 2.36. The molecular weight excluding hydrogens is 270 g/mol. The first-order valence-corrected chi connectivity index (χ1v) is 7.21. The molecule has 0 aliphatic heterocycles. The Balaban J connectivity index is 2.29. The Labute approximate surface area is 129 Å². The molecule has 0 atom stereocenters. The molecule has 0 aliphatic rings. The first kappa shape index (κ1) is 13.1. The van der Waals surface area contributed by atoms with Crippen LogP contribution < -0.4 is 5.46 Å². The molecule has 0 bridgehead atoms. The van der Waals surface area contributed by atoms with Gasteiger partial charge in [0.1, 0.15) is 13.7 Å². The van der Waals surface area contributed by atoms with Gasteiger partial charge in [0.2, 0.25) is 0 Å². The van der Waals surface area contributed by atoms with Crippen molar-refractivity contribution in [2.24, 2.45) is 0 Å². The minimum atomic E-state index is -0.220. The van der Waals surface area contributed by atoms with Crippen LogP contribution in [-0.2, 0) is 0 Å². The van der Waals surface area contributed by atoms with E-state index in [0.717, 1.165) is 32.6 Å². The van der Waals surface area contributed by atoms with Gasteiger partial charge < -0.3 is 0 Å². The van der Waals surface area contributed by atoms with E-state index in [1.54, 1.807) is 6.07 Å². The van der Waals surface area contributed by atoms with Gasteiger partial charge in [-0.2, -0.15) is 0 Å². The Bertz CT molecular complexity index is 948. The van der Waals surface area contributed by atoms with Crippen LogP contribution in [0.5, 0.6) is 0 Å². The maximum Gasteiger partial charge on any atom is 0.131 e. The third kappa shape index (κ3) is 1.84. The number of benzene rings is 4. The van der Waals surface area contributed by atoms with Crippen LogP contribution in [0.4, 0.5) is 4.39 Å². The molecule has 0 saturated carbocycles. The van der Waals surface area contributed by atoms with Crippen molar-refractivity contribution in [2.75, 3.05) is 0 Å². The van der Waals surface area contributed by atoms with Crippen molar-refractivity contribution in [3.05, 3.63) is 78.6 Å². The molecule has 0 spiro atoms. The van der Waals surface area contributed by atoms with E-state index in [1.165, 1.54) is 6.07 Å². The quantitative estimate of drug-likeness (QED) is 0.354. The summed E-state index contributed by atoms with van der Waals surface area (Å²) in [6.45, 7) is 0. The molecule has 0 unspecified atom stereocenters. The SMILES string of the molecule is [B]c1c2ccccc2c(-c2ccccc2F)c2ccccc12. The van der Waals surface area contributed by atoms with Crippen molar-refractivity contribution >= 4 is 34.9 Å². The number of fused-ring (bicyclic) bond motifs is 2. The zero-order valence-corrected chi connectivity index (χ0v) is 11.9. The fourth-order valence-corrected chi connectivity index (χ4v) is 3.12. The molecule has 0 N–H and O–H groups in total. The second-order valence-electron chi connectivity index (χ2n) is 5.36. The van der Waals surface area contributed by atoms with Crippen LogP contribution in [0, 0.1) is 5.82 Å². The van der Waals surface area contributed by atoms with E-state index >= 15 is 0 Å². The second-order valence-corrected chi connectivity index (χ2v) is 5.36. The fourth-order valence-electron chi connectivity index (χ4n) is 3.12. The van der Waals surface area contributed by atoms with Crippen molar-refractivity contribution in [3.63, 3.8) is 0 Å². The molecule has 0 nitrogen and oxygen atoms in total. The summed E-state index contributed by atoms with van der Waals surface area (Å²) < 4.78 is 14.4. The molecule has 2 heteroatoms. The molecular formula is C20H12BF. The highest BCUT2D eigenvalue weighted by Gasteiger charge is 2.14. The van der Waals surface area contributed by atoms with Gasteiger partial charge in [0.25, 0.3) is 0 Å². The molecule has 102 valence electrons. The van der Waals surface area contributed by atoms with Gasteiger partial charge in [0.15, 0.2) is 0 Å². The van der Waals surface area contributed by atoms with Crippen LogP contribution >= 0.6 is 0 Å². The second kappa shape index (κ2) is 4.99.